The number of nitrogens with two attached hydrogens (primary N) is 1. The Kier molecular flexibility index (Phi) is 3.51. The van der Waals surface area contributed by atoms with Crippen molar-refractivity contribution in [2.45, 2.75) is 25.3 Å². The Morgan fingerprint density at radius 3 is 2.61 bits per heavy atom. The highest BCUT2D eigenvalue weighted by Crippen LogP contribution is 2.22. The first-order valence-corrected chi connectivity index (χ1v) is 6.18. The molecule has 0 spiro atoms. The quantitative estimate of drug-likeness (QED) is 0.801. The average Bonchev–Trinajstić information content (AvgIpc) is 2.40. The summed E-state index contributed by atoms with van der Waals surface area (Å²) in [6.07, 6.45) is 9.82. The number of hydrogen-bond donors (Lipinski definition) is 2. The highest BCUT2D eigenvalue weighted by molar-refractivity contribution is 5.95. The number of amides is 1. The average molecular weight is 242 g/mol. The largest absolute Gasteiger partial charge is 0.399 e. The van der Waals surface area contributed by atoms with E-state index in [0.29, 0.717) is 11.3 Å². The molecule has 0 heterocycles. The van der Waals surface area contributed by atoms with Crippen molar-refractivity contribution in [2.75, 3.05) is 5.73 Å². The molecule has 0 aliphatic heterocycles. The number of nitrogen functional groups attached to an aromatic ring is 1. The molecule has 0 saturated carbocycles. The molecule has 0 unspecified atom stereocenters. The van der Waals surface area contributed by atoms with Gasteiger partial charge in [0.05, 0.1) is 5.54 Å². The Morgan fingerprint density at radius 1 is 1.33 bits per heavy atom. The first kappa shape index (κ1) is 12.4. The zero-order chi connectivity index (χ0) is 13.0. The minimum atomic E-state index is -0.257. The van der Waals surface area contributed by atoms with Crippen LogP contribution in [0.3, 0.4) is 0 Å². The summed E-state index contributed by atoms with van der Waals surface area (Å²) in [5.74, 6) is -0.0585. The molecule has 1 aliphatic rings. The van der Waals surface area contributed by atoms with E-state index in [1.54, 1.807) is 24.3 Å². The van der Waals surface area contributed by atoms with E-state index in [9.17, 15) is 4.79 Å². The molecule has 0 aromatic heterocycles. The van der Waals surface area contributed by atoms with E-state index in [2.05, 4.69) is 24.4 Å². The molecule has 3 nitrogen and oxygen atoms in total. The summed E-state index contributed by atoms with van der Waals surface area (Å²) in [5, 5.41) is 3.10. The van der Waals surface area contributed by atoms with E-state index in [1.165, 1.54) is 0 Å². The molecular weight excluding hydrogens is 224 g/mol. The third-order valence-corrected chi connectivity index (χ3v) is 3.31. The van der Waals surface area contributed by atoms with Gasteiger partial charge < -0.3 is 11.1 Å². The van der Waals surface area contributed by atoms with Crippen LogP contribution < -0.4 is 11.1 Å². The van der Waals surface area contributed by atoms with Crippen molar-refractivity contribution in [1.29, 1.82) is 0 Å². The van der Waals surface area contributed by atoms with Gasteiger partial charge in [-0.2, -0.15) is 0 Å². The Balaban J connectivity index is 2.13. The van der Waals surface area contributed by atoms with Crippen LogP contribution in [0, 0.1) is 0 Å². The van der Waals surface area contributed by atoms with Crippen LogP contribution in [0.1, 0.15) is 30.1 Å². The highest BCUT2D eigenvalue weighted by Gasteiger charge is 2.27. The van der Waals surface area contributed by atoms with Gasteiger partial charge in [0.1, 0.15) is 0 Å². The van der Waals surface area contributed by atoms with Gasteiger partial charge in [-0.25, -0.2) is 0 Å². The van der Waals surface area contributed by atoms with Gasteiger partial charge in [0, 0.05) is 11.3 Å². The van der Waals surface area contributed by atoms with Crippen molar-refractivity contribution >= 4 is 11.6 Å². The summed E-state index contributed by atoms with van der Waals surface area (Å²) in [6, 6.07) is 6.97. The Morgan fingerprint density at radius 2 is 2.06 bits per heavy atom. The van der Waals surface area contributed by atoms with E-state index < -0.39 is 0 Å². The summed E-state index contributed by atoms with van der Waals surface area (Å²) in [6.45, 7) is 2.08. The normalized spacial score (nSPS) is 21.8. The molecule has 1 aromatic rings. The van der Waals surface area contributed by atoms with E-state index in [4.69, 9.17) is 5.73 Å². The third-order valence-electron chi connectivity index (χ3n) is 3.31. The van der Waals surface area contributed by atoms with E-state index in [0.717, 1.165) is 12.8 Å². The zero-order valence-electron chi connectivity index (χ0n) is 10.5. The van der Waals surface area contributed by atoms with Crippen molar-refractivity contribution in [1.82, 2.24) is 5.32 Å². The van der Waals surface area contributed by atoms with Gasteiger partial charge in [0.15, 0.2) is 0 Å². The molecule has 3 heteroatoms. The summed E-state index contributed by atoms with van der Waals surface area (Å²) in [5.41, 5.74) is 6.66. The number of allylic oxidation sites excluding steroid dienone is 2. The molecule has 94 valence electrons. The SMILES string of the molecule is CC[C@]1(NC(=O)c2ccc(N)cc2)C=CC=CC1. The van der Waals surface area contributed by atoms with Crippen molar-refractivity contribution in [3.05, 3.63) is 54.1 Å². The molecule has 0 bridgehead atoms. The predicted octanol–water partition coefficient (Wildman–Crippen LogP) is 2.66. The molecular formula is C15H18N2O. The van der Waals surface area contributed by atoms with Crippen molar-refractivity contribution < 1.29 is 4.79 Å². The number of anilines is 1. The van der Waals surface area contributed by atoms with Gasteiger partial charge in [-0.1, -0.05) is 31.2 Å². The Labute approximate surface area is 107 Å². The lowest BCUT2D eigenvalue weighted by molar-refractivity contribution is 0.0915. The Hall–Kier alpha value is -2.03. The molecule has 0 fully saturated rings. The maximum Gasteiger partial charge on any atom is 0.251 e. The fraction of sp³-hybridized carbons (Fsp3) is 0.267. The van der Waals surface area contributed by atoms with Crippen LogP contribution in [0.25, 0.3) is 0 Å². The number of hydrogen-bond acceptors (Lipinski definition) is 2. The molecule has 18 heavy (non-hydrogen) atoms. The van der Waals surface area contributed by atoms with Crippen LogP contribution >= 0.6 is 0 Å². The smallest absolute Gasteiger partial charge is 0.251 e. The van der Waals surface area contributed by atoms with Crippen LogP contribution in [-0.2, 0) is 0 Å². The van der Waals surface area contributed by atoms with Gasteiger partial charge in [-0.15, -0.1) is 0 Å². The van der Waals surface area contributed by atoms with Gasteiger partial charge in [-0.3, -0.25) is 4.79 Å². The van der Waals surface area contributed by atoms with E-state index in [-0.39, 0.29) is 11.4 Å². The molecule has 1 aromatic carbocycles. The third kappa shape index (κ3) is 2.62. The second-order valence-corrected chi connectivity index (χ2v) is 4.58. The lowest BCUT2D eigenvalue weighted by Gasteiger charge is -2.31. The van der Waals surface area contributed by atoms with Gasteiger partial charge in [-0.05, 0) is 37.1 Å². The van der Waals surface area contributed by atoms with Crippen LogP contribution in [0.2, 0.25) is 0 Å². The number of benzene rings is 1. The first-order chi connectivity index (χ1) is 8.65. The number of nitrogens with one attached hydrogen (secondary N) is 1. The fourth-order valence-corrected chi connectivity index (χ4v) is 2.04. The van der Waals surface area contributed by atoms with Crippen LogP contribution in [0.5, 0.6) is 0 Å². The number of carbonyl (C=O) groups excluding carboxylic acids is 1. The highest BCUT2D eigenvalue weighted by atomic mass is 16.1. The van der Waals surface area contributed by atoms with Gasteiger partial charge in [0.2, 0.25) is 0 Å². The first-order valence-electron chi connectivity index (χ1n) is 6.18. The lowest BCUT2D eigenvalue weighted by atomic mass is 9.88. The van der Waals surface area contributed by atoms with Gasteiger partial charge >= 0.3 is 0 Å². The molecule has 0 radical (unpaired) electrons. The standard InChI is InChI=1S/C15H18N2O/c1-2-15(10-4-3-5-11-15)17-14(18)12-6-8-13(16)9-7-12/h3-10H,2,11,16H2,1H3,(H,17,18)/t15-/m0/s1. The van der Waals surface area contributed by atoms with Crippen molar-refractivity contribution in [3.63, 3.8) is 0 Å². The fourth-order valence-electron chi connectivity index (χ4n) is 2.04. The molecule has 1 aliphatic carbocycles. The van der Waals surface area contributed by atoms with Crippen LogP contribution in [-0.4, -0.2) is 11.4 Å². The monoisotopic (exact) mass is 242 g/mol. The minimum absolute atomic E-state index is 0.0585. The molecule has 1 atom stereocenters. The molecule has 2 rings (SSSR count). The molecule has 0 saturated heterocycles. The summed E-state index contributed by atoms with van der Waals surface area (Å²) in [4.78, 5) is 12.2. The molecule has 1 amide bonds. The minimum Gasteiger partial charge on any atom is -0.399 e. The Bertz CT molecular complexity index is 488. The van der Waals surface area contributed by atoms with E-state index >= 15 is 0 Å². The number of carbonyl (C=O) groups is 1. The van der Waals surface area contributed by atoms with Gasteiger partial charge in [0.25, 0.3) is 5.91 Å². The van der Waals surface area contributed by atoms with Crippen LogP contribution in [0.15, 0.2) is 48.6 Å². The maximum absolute atomic E-state index is 12.2. The van der Waals surface area contributed by atoms with Crippen LogP contribution in [0.4, 0.5) is 5.69 Å². The summed E-state index contributed by atoms with van der Waals surface area (Å²) < 4.78 is 0. The summed E-state index contributed by atoms with van der Waals surface area (Å²) >= 11 is 0. The lowest BCUT2D eigenvalue weighted by Crippen LogP contribution is -2.46. The summed E-state index contributed by atoms with van der Waals surface area (Å²) in [7, 11) is 0. The van der Waals surface area contributed by atoms with E-state index in [1.807, 2.05) is 12.2 Å². The molecule has 3 N–H and O–H groups in total. The second kappa shape index (κ2) is 5.08. The maximum atomic E-state index is 12.2. The predicted molar refractivity (Wildman–Crippen MR) is 74.2 cm³/mol. The van der Waals surface area contributed by atoms with Crippen molar-refractivity contribution in [3.8, 4) is 0 Å². The topological polar surface area (TPSA) is 55.1 Å². The zero-order valence-corrected chi connectivity index (χ0v) is 10.5. The second-order valence-electron chi connectivity index (χ2n) is 4.58. The number of rotatable bonds is 3. The van der Waals surface area contributed by atoms with Crippen molar-refractivity contribution in [2.24, 2.45) is 0 Å².